The van der Waals surface area contributed by atoms with Crippen molar-refractivity contribution in [3.05, 3.63) is 52.4 Å². The minimum absolute atomic E-state index is 0.0596. The third kappa shape index (κ3) is 4.74. The molecule has 0 saturated carbocycles. The number of ether oxygens (including phenoxy) is 2. The van der Waals surface area contributed by atoms with Crippen molar-refractivity contribution in [3.63, 3.8) is 0 Å². The lowest BCUT2D eigenvalue weighted by molar-refractivity contribution is -0.141. The van der Waals surface area contributed by atoms with Crippen LogP contribution in [0.3, 0.4) is 0 Å². The first-order chi connectivity index (χ1) is 13.1. The molecule has 28 heavy (non-hydrogen) atoms. The van der Waals surface area contributed by atoms with Gasteiger partial charge in [-0.25, -0.2) is 0 Å². The monoisotopic (exact) mass is 392 g/mol. The van der Waals surface area contributed by atoms with Crippen LogP contribution in [0.25, 0.3) is 6.08 Å². The average molecular weight is 392 g/mol. The molecule has 0 N–H and O–H groups in total. The average Bonchev–Trinajstić information content (AvgIpc) is 2.92. The number of aromatic nitrogens is 1. The fourth-order valence-electron chi connectivity index (χ4n) is 2.83. The van der Waals surface area contributed by atoms with Crippen LogP contribution in [0, 0.1) is 25.2 Å². The molecule has 5 nitrogen and oxygen atoms in total. The lowest BCUT2D eigenvalue weighted by atomic mass is 10.0. The van der Waals surface area contributed by atoms with Gasteiger partial charge in [0, 0.05) is 23.0 Å². The number of carbonyl (C=O) groups is 1. The van der Waals surface area contributed by atoms with Crippen molar-refractivity contribution in [1.29, 1.82) is 5.26 Å². The van der Waals surface area contributed by atoms with E-state index >= 15 is 0 Å². The number of nitriles is 1. The minimum Gasteiger partial charge on any atom is -0.497 e. The summed E-state index contributed by atoms with van der Waals surface area (Å²) in [6.07, 6.45) is -3.07. The second-order valence-corrected chi connectivity index (χ2v) is 6.13. The molecule has 1 aromatic heterocycles. The molecule has 2 aromatic rings. The lowest BCUT2D eigenvalue weighted by Gasteiger charge is -2.12. The normalized spacial score (nSPS) is 11.9. The summed E-state index contributed by atoms with van der Waals surface area (Å²) >= 11 is 0. The number of rotatable bonds is 6. The second kappa shape index (κ2) is 8.21. The molecule has 0 spiro atoms. The number of aryl methyl sites for hydroxylation is 1. The maximum absolute atomic E-state index is 12.8. The molecule has 0 atom stereocenters. The van der Waals surface area contributed by atoms with Crippen LogP contribution in [0.4, 0.5) is 13.2 Å². The highest BCUT2D eigenvalue weighted by Gasteiger charge is 2.30. The number of nitrogens with zero attached hydrogens (tertiary/aromatic N) is 2. The Bertz CT molecular complexity index is 944. The second-order valence-electron chi connectivity index (χ2n) is 6.13. The van der Waals surface area contributed by atoms with E-state index in [1.54, 1.807) is 18.2 Å². The van der Waals surface area contributed by atoms with Gasteiger partial charge in [-0.2, -0.15) is 18.4 Å². The molecule has 1 aromatic carbocycles. The van der Waals surface area contributed by atoms with E-state index in [-0.39, 0.29) is 16.8 Å². The van der Waals surface area contributed by atoms with Crippen LogP contribution >= 0.6 is 0 Å². The summed E-state index contributed by atoms with van der Waals surface area (Å²) < 4.78 is 49.6. The molecular weight excluding hydrogens is 373 g/mol. The van der Waals surface area contributed by atoms with Gasteiger partial charge in [-0.1, -0.05) is 0 Å². The Morgan fingerprint density at radius 3 is 2.18 bits per heavy atom. The highest BCUT2D eigenvalue weighted by Crippen LogP contribution is 2.27. The smallest absolute Gasteiger partial charge is 0.406 e. The summed E-state index contributed by atoms with van der Waals surface area (Å²) in [4.78, 5) is 12.8. The first kappa shape index (κ1) is 21.1. The molecule has 1 heterocycles. The Kier molecular flexibility index (Phi) is 6.19. The number of allylic oxidation sites excluding steroid dienone is 1. The maximum Gasteiger partial charge on any atom is 0.406 e. The van der Waals surface area contributed by atoms with E-state index in [9.17, 15) is 23.2 Å². The number of hydrogen-bond acceptors (Lipinski definition) is 4. The number of methoxy groups -OCH3 is 2. The van der Waals surface area contributed by atoms with Crippen molar-refractivity contribution >= 4 is 11.9 Å². The zero-order valence-electron chi connectivity index (χ0n) is 15.8. The van der Waals surface area contributed by atoms with Gasteiger partial charge in [-0.05, 0) is 43.7 Å². The number of hydrogen-bond donors (Lipinski definition) is 0. The highest BCUT2D eigenvalue weighted by atomic mass is 19.4. The Labute approximate surface area is 160 Å². The first-order valence-corrected chi connectivity index (χ1v) is 8.22. The van der Waals surface area contributed by atoms with Crippen LogP contribution in [-0.4, -0.2) is 30.7 Å². The predicted octanol–water partition coefficient (Wildman–Crippen LogP) is 4.47. The van der Waals surface area contributed by atoms with Gasteiger partial charge in [0.15, 0.2) is 0 Å². The molecule has 0 aliphatic heterocycles. The van der Waals surface area contributed by atoms with Gasteiger partial charge in [-0.3, -0.25) is 4.79 Å². The highest BCUT2D eigenvalue weighted by molar-refractivity contribution is 6.14. The van der Waals surface area contributed by atoms with E-state index in [2.05, 4.69) is 0 Å². The van der Waals surface area contributed by atoms with Gasteiger partial charge in [0.2, 0.25) is 5.78 Å². The summed E-state index contributed by atoms with van der Waals surface area (Å²) in [5.41, 5.74) is 0.792. The third-order valence-corrected chi connectivity index (χ3v) is 4.21. The fraction of sp³-hybridized carbons (Fsp3) is 0.300. The van der Waals surface area contributed by atoms with Crippen molar-refractivity contribution in [2.75, 3.05) is 14.2 Å². The van der Waals surface area contributed by atoms with E-state index in [4.69, 9.17) is 9.47 Å². The van der Waals surface area contributed by atoms with Crippen LogP contribution in [0.15, 0.2) is 29.8 Å². The summed E-state index contributed by atoms with van der Waals surface area (Å²) in [7, 11) is 2.93. The van der Waals surface area contributed by atoms with Crippen LogP contribution in [-0.2, 0) is 6.54 Å². The summed E-state index contributed by atoms with van der Waals surface area (Å²) in [5.74, 6) is 0.295. The number of benzene rings is 1. The summed E-state index contributed by atoms with van der Waals surface area (Å²) in [6, 6.07) is 8.05. The van der Waals surface area contributed by atoms with Gasteiger partial charge in [0.05, 0.1) is 14.2 Å². The number of Topliss-reactive ketones (excluding diaryl/α,β-unsaturated/α-hetero) is 1. The number of alkyl halides is 3. The number of halogens is 3. The van der Waals surface area contributed by atoms with E-state index in [1.165, 1.54) is 40.2 Å². The molecule has 0 aliphatic rings. The van der Waals surface area contributed by atoms with Gasteiger partial charge in [-0.15, -0.1) is 0 Å². The molecule has 0 saturated heterocycles. The van der Waals surface area contributed by atoms with Crippen LogP contribution in [0.5, 0.6) is 11.5 Å². The molecule has 0 aliphatic carbocycles. The Balaban J connectivity index is 2.46. The molecule has 0 bridgehead atoms. The summed E-state index contributed by atoms with van der Waals surface area (Å²) in [6.45, 7) is 1.71. The van der Waals surface area contributed by atoms with Crippen molar-refractivity contribution < 1.29 is 27.4 Å². The van der Waals surface area contributed by atoms with Gasteiger partial charge < -0.3 is 14.0 Å². The molecule has 0 fully saturated rings. The molecule has 0 radical (unpaired) electrons. The Morgan fingerprint density at radius 1 is 1.14 bits per heavy atom. The Hall–Kier alpha value is -3.21. The Morgan fingerprint density at radius 2 is 1.71 bits per heavy atom. The van der Waals surface area contributed by atoms with Crippen molar-refractivity contribution in [2.24, 2.45) is 0 Å². The van der Waals surface area contributed by atoms with Crippen molar-refractivity contribution in [3.8, 4) is 17.6 Å². The van der Waals surface area contributed by atoms with Crippen LogP contribution in [0.2, 0.25) is 0 Å². The van der Waals surface area contributed by atoms with Crippen LogP contribution < -0.4 is 9.47 Å². The van der Waals surface area contributed by atoms with Gasteiger partial charge >= 0.3 is 6.18 Å². The SMILES string of the molecule is COc1cc(/C=C(\C#N)C(=O)c2cc(C)n(CC(F)(F)F)c2C)cc(OC)c1. The molecule has 8 heteroatoms. The molecule has 2 rings (SSSR count). The van der Waals surface area contributed by atoms with E-state index in [0.717, 1.165) is 4.57 Å². The standard InChI is InChI=1S/C20H19F3N2O3/c1-12-5-18(13(2)25(12)11-20(21,22)23)19(26)15(10-24)6-14-7-16(27-3)9-17(8-14)28-4/h5-9H,11H2,1-4H3/b15-6+. The fourth-order valence-corrected chi connectivity index (χ4v) is 2.83. The quantitative estimate of drug-likeness (QED) is 0.413. The molecular formula is C20H19F3N2O3. The largest absolute Gasteiger partial charge is 0.497 e. The van der Waals surface area contributed by atoms with E-state index in [1.807, 2.05) is 6.07 Å². The predicted molar refractivity (Wildman–Crippen MR) is 97.4 cm³/mol. The molecule has 0 unspecified atom stereocenters. The van der Waals surface area contributed by atoms with Crippen molar-refractivity contribution in [1.82, 2.24) is 4.57 Å². The summed E-state index contributed by atoms with van der Waals surface area (Å²) in [5, 5.41) is 9.44. The lowest BCUT2D eigenvalue weighted by Crippen LogP contribution is -2.19. The number of ketones is 1. The van der Waals surface area contributed by atoms with Crippen molar-refractivity contribution in [2.45, 2.75) is 26.6 Å². The molecule has 148 valence electrons. The van der Waals surface area contributed by atoms with E-state index in [0.29, 0.717) is 22.8 Å². The van der Waals surface area contributed by atoms with Gasteiger partial charge in [0.1, 0.15) is 29.7 Å². The first-order valence-electron chi connectivity index (χ1n) is 8.22. The number of carbonyl (C=O) groups excluding carboxylic acids is 1. The minimum atomic E-state index is -4.42. The van der Waals surface area contributed by atoms with E-state index < -0.39 is 18.5 Å². The molecule has 0 amide bonds. The third-order valence-electron chi connectivity index (χ3n) is 4.21. The zero-order valence-corrected chi connectivity index (χ0v) is 15.8. The topological polar surface area (TPSA) is 64.2 Å². The zero-order chi connectivity index (χ0) is 21.1. The van der Waals surface area contributed by atoms with Crippen LogP contribution in [0.1, 0.15) is 27.3 Å². The van der Waals surface area contributed by atoms with Gasteiger partial charge in [0.25, 0.3) is 0 Å². The maximum atomic E-state index is 12.8.